The van der Waals surface area contributed by atoms with Crippen LogP contribution in [0.15, 0.2) is 42.5 Å². The molecular weight excluding hydrogens is 327 g/mol. The smallest absolute Gasteiger partial charge is 0.339 e. The van der Waals surface area contributed by atoms with E-state index in [4.69, 9.17) is 27.9 Å². The van der Waals surface area contributed by atoms with Crippen LogP contribution in [-0.2, 0) is 16.1 Å². The second-order valence-corrected chi connectivity index (χ2v) is 5.19. The molecule has 0 aliphatic carbocycles. The fraction of sp³-hybridized carbons (Fsp3) is 0.125. The number of carbonyl (C=O) groups excluding carboxylic acids is 2. The first-order valence-electron chi connectivity index (χ1n) is 6.31. The van der Waals surface area contributed by atoms with Gasteiger partial charge in [-0.2, -0.15) is 0 Å². The quantitative estimate of drug-likeness (QED) is 0.786. The van der Waals surface area contributed by atoms with Crippen molar-refractivity contribution >= 4 is 35.1 Å². The second kappa shape index (κ2) is 7.29. The highest BCUT2D eigenvalue weighted by atomic mass is 35.5. The van der Waals surface area contributed by atoms with E-state index >= 15 is 0 Å². The molecule has 0 fully saturated rings. The highest BCUT2D eigenvalue weighted by molar-refractivity contribution is 6.35. The standard InChI is InChI=1S/C16H12Cl2O4/c1-21-15(19)12-4-2-3-5-13(12)16(20)22-9-10-6-7-11(17)8-14(10)18/h2-8H,9H2,1H3. The lowest BCUT2D eigenvalue weighted by Gasteiger charge is -2.09. The summed E-state index contributed by atoms with van der Waals surface area (Å²) in [6.07, 6.45) is 0. The molecule has 22 heavy (non-hydrogen) atoms. The van der Waals surface area contributed by atoms with Gasteiger partial charge in [-0.15, -0.1) is 0 Å². The topological polar surface area (TPSA) is 52.6 Å². The van der Waals surface area contributed by atoms with Gasteiger partial charge in [0.2, 0.25) is 0 Å². The molecule has 0 bridgehead atoms. The van der Waals surface area contributed by atoms with Gasteiger partial charge in [-0.1, -0.05) is 41.4 Å². The molecule has 0 spiro atoms. The molecular formula is C16H12Cl2O4. The van der Waals surface area contributed by atoms with Gasteiger partial charge in [0.25, 0.3) is 0 Å². The average Bonchev–Trinajstić information content (AvgIpc) is 2.53. The minimum atomic E-state index is -0.632. The Kier molecular flexibility index (Phi) is 5.41. The van der Waals surface area contributed by atoms with E-state index < -0.39 is 11.9 Å². The highest BCUT2D eigenvalue weighted by Crippen LogP contribution is 2.22. The lowest BCUT2D eigenvalue weighted by Crippen LogP contribution is -2.13. The minimum absolute atomic E-state index is 0.0235. The SMILES string of the molecule is COC(=O)c1ccccc1C(=O)OCc1ccc(Cl)cc1Cl. The molecule has 0 aromatic heterocycles. The summed E-state index contributed by atoms with van der Waals surface area (Å²) in [5.41, 5.74) is 0.909. The maximum absolute atomic E-state index is 12.1. The third kappa shape index (κ3) is 3.78. The van der Waals surface area contributed by atoms with E-state index in [0.29, 0.717) is 15.6 Å². The van der Waals surface area contributed by atoms with Crippen molar-refractivity contribution in [3.63, 3.8) is 0 Å². The van der Waals surface area contributed by atoms with E-state index in [9.17, 15) is 9.59 Å². The zero-order valence-corrected chi connectivity index (χ0v) is 13.1. The summed E-state index contributed by atoms with van der Waals surface area (Å²) in [6, 6.07) is 11.2. The van der Waals surface area contributed by atoms with Gasteiger partial charge in [-0.3, -0.25) is 0 Å². The summed E-state index contributed by atoms with van der Waals surface area (Å²) >= 11 is 11.8. The van der Waals surface area contributed by atoms with Crippen LogP contribution in [0.3, 0.4) is 0 Å². The Labute approximate surface area is 137 Å². The van der Waals surface area contributed by atoms with E-state index in [0.717, 1.165) is 0 Å². The fourth-order valence-corrected chi connectivity index (χ4v) is 2.27. The average molecular weight is 339 g/mol. The van der Waals surface area contributed by atoms with Crippen LogP contribution >= 0.6 is 23.2 Å². The summed E-state index contributed by atoms with van der Waals surface area (Å²) in [7, 11) is 1.25. The molecule has 0 unspecified atom stereocenters. The van der Waals surface area contributed by atoms with Gasteiger partial charge in [-0.25, -0.2) is 9.59 Å². The Hall–Kier alpha value is -2.04. The molecule has 6 heteroatoms. The maximum atomic E-state index is 12.1. The fourth-order valence-electron chi connectivity index (χ4n) is 1.81. The Morgan fingerprint density at radius 3 is 2.23 bits per heavy atom. The van der Waals surface area contributed by atoms with E-state index in [1.807, 2.05) is 0 Å². The highest BCUT2D eigenvalue weighted by Gasteiger charge is 2.18. The van der Waals surface area contributed by atoms with Crippen molar-refractivity contribution in [1.29, 1.82) is 0 Å². The van der Waals surface area contributed by atoms with Crippen LogP contribution in [0, 0.1) is 0 Å². The first-order chi connectivity index (χ1) is 10.5. The van der Waals surface area contributed by atoms with Crippen LogP contribution in [0.25, 0.3) is 0 Å². The second-order valence-electron chi connectivity index (χ2n) is 4.35. The van der Waals surface area contributed by atoms with Gasteiger partial charge < -0.3 is 9.47 Å². The number of carbonyl (C=O) groups is 2. The van der Waals surface area contributed by atoms with Crippen LogP contribution in [0.5, 0.6) is 0 Å². The molecule has 114 valence electrons. The van der Waals surface area contributed by atoms with E-state index in [-0.39, 0.29) is 17.7 Å². The molecule has 4 nitrogen and oxygen atoms in total. The number of rotatable bonds is 4. The van der Waals surface area contributed by atoms with Crippen molar-refractivity contribution in [2.45, 2.75) is 6.61 Å². The minimum Gasteiger partial charge on any atom is -0.465 e. The summed E-state index contributed by atoms with van der Waals surface area (Å²) in [4.78, 5) is 23.8. The van der Waals surface area contributed by atoms with Crippen molar-refractivity contribution in [1.82, 2.24) is 0 Å². The molecule has 2 aromatic carbocycles. The number of esters is 2. The molecule has 0 heterocycles. The third-order valence-corrected chi connectivity index (χ3v) is 3.51. The van der Waals surface area contributed by atoms with Crippen molar-refractivity contribution in [3.05, 3.63) is 69.2 Å². The van der Waals surface area contributed by atoms with Crippen LogP contribution in [0.1, 0.15) is 26.3 Å². The zero-order chi connectivity index (χ0) is 16.1. The molecule has 0 aliphatic heterocycles. The van der Waals surface area contributed by atoms with Crippen LogP contribution in [0.2, 0.25) is 10.0 Å². The number of halogens is 2. The number of methoxy groups -OCH3 is 1. The van der Waals surface area contributed by atoms with Gasteiger partial charge >= 0.3 is 11.9 Å². The lowest BCUT2D eigenvalue weighted by atomic mass is 10.1. The molecule has 2 rings (SSSR count). The summed E-state index contributed by atoms with van der Waals surface area (Å²) in [6.45, 7) is -0.0235. The van der Waals surface area contributed by atoms with Crippen molar-refractivity contribution < 1.29 is 19.1 Å². The van der Waals surface area contributed by atoms with Gasteiger partial charge in [0.1, 0.15) is 6.61 Å². The number of ether oxygens (including phenoxy) is 2. The van der Waals surface area contributed by atoms with E-state index in [1.54, 1.807) is 30.3 Å². The molecule has 0 aliphatic rings. The molecule has 2 aromatic rings. The van der Waals surface area contributed by atoms with Crippen molar-refractivity contribution in [2.24, 2.45) is 0 Å². The van der Waals surface area contributed by atoms with Gasteiger partial charge in [0, 0.05) is 15.6 Å². The maximum Gasteiger partial charge on any atom is 0.339 e. The van der Waals surface area contributed by atoms with Gasteiger partial charge in [0.15, 0.2) is 0 Å². The first-order valence-corrected chi connectivity index (χ1v) is 7.07. The van der Waals surface area contributed by atoms with E-state index in [1.165, 1.54) is 19.2 Å². The normalized spacial score (nSPS) is 10.1. The van der Waals surface area contributed by atoms with Crippen molar-refractivity contribution in [3.8, 4) is 0 Å². The largest absolute Gasteiger partial charge is 0.465 e. The summed E-state index contributed by atoms with van der Waals surface area (Å²) in [5, 5.41) is 0.901. The molecule has 0 saturated heterocycles. The summed E-state index contributed by atoms with van der Waals surface area (Å²) in [5.74, 6) is -1.23. The Morgan fingerprint density at radius 2 is 1.64 bits per heavy atom. The van der Waals surface area contributed by atoms with Crippen LogP contribution in [-0.4, -0.2) is 19.0 Å². The molecule has 0 saturated carbocycles. The van der Waals surface area contributed by atoms with Crippen LogP contribution in [0.4, 0.5) is 0 Å². The Balaban J connectivity index is 2.15. The number of hydrogen-bond acceptors (Lipinski definition) is 4. The van der Waals surface area contributed by atoms with Crippen LogP contribution < -0.4 is 0 Å². The van der Waals surface area contributed by atoms with Crippen molar-refractivity contribution in [2.75, 3.05) is 7.11 Å². The molecule has 0 amide bonds. The van der Waals surface area contributed by atoms with Gasteiger partial charge in [0.05, 0.1) is 18.2 Å². The molecule has 0 radical (unpaired) electrons. The summed E-state index contributed by atoms with van der Waals surface area (Å²) < 4.78 is 9.84. The zero-order valence-electron chi connectivity index (χ0n) is 11.6. The van der Waals surface area contributed by atoms with Gasteiger partial charge in [-0.05, 0) is 24.3 Å². The molecule has 0 atom stereocenters. The first kappa shape index (κ1) is 16.3. The Morgan fingerprint density at radius 1 is 1.00 bits per heavy atom. The van der Waals surface area contributed by atoms with E-state index in [2.05, 4.69) is 4.74 Å². The predicted molar refractivity (Wildman–Crippen MR) is 83.4 cm³/mol. The number of benzene rings is 2. The number of hydrogen-bond donors (Lipinski definition) is 0. The molecule has 0 N–H and O–H groups in total. The lowest BCUT2D eigenvalue weighted by molar-refractivity contribution is 0.0458. The Bertz CT molecular complexity index is 713. The monoisotopic (exact) mass is 338 g/mol. The third-order valence-electron chi connectivity index (χ3n) is 2.93. The predicted octanol–water partition coefficient (Wildman–Crippen LogP) is 4.14.